The molecule has 0 aromatic rings. The van der Waals surface area contributed by atoms with Crippen molar-refractivity contribution in [3.8, 4) is 0 Å². The number of rotatable bonds is 2. The topological polar surface area (TPSA) is 32.6 Å². The second kappa shape index (κ2) is 4.13. The van der Waals surface area contributed by atoms with Gasteiger partial charge in [0.05, 0.1) is 5.71 Å². The summed E-state index contributed by atoms with van der Waals surface area (Å²) in [7, 11) is 0. The zero-order valence-electron chi connectivity index (χ0n) is 6.13. The standard InChI is InChI=1S/C7H13NO/c1-6(2)4-5-7(3)8-9/h4-6,9H,1-3H3. The molecule has 0 aromatic carbocycles. The van der Waals surface area contributed by atoms with Crippen LogP contribution in [0.5, 0.6) is 0 Å². The molecule has 0 aliphatic rings. The fourth-order valence-electron chi connectivity index (χ4n) is 0.365. The normalized spacial score (nSPS) is 13.6. The Kier molecular flexibility index (Phi) is 3.76. The SMILES string of the molecule is CC(C=CC(C)C)=NO. The molecule has 9 heavy (non-hydrogen) atoms. The Bertz CT molecular complexity index is 125. The molecular formula is C7H13NO. The van der Waals surface area contributed by atoms with E-state index in [4.69, 9.17) is 5.21 Å². The van der Waals surface area contributed by atoms with Crippen molar-refractivity contribution >= 4 is 5.71 Å². The first-order valence-electron chi connectivity index (χ1n) is 3.03. The van der Waals surface area contributed by atoms with Crippen LogP contribution in [-0.4, -0.2) is 10.9 Å². The molecule has 0 radical (unpaired) electrons. The van der Waals surface area contributed by atoms with E-state index >= 15 is 0 Å². The Hall–Kier alpha value is -0.790. The van der Waals surface area contributed by atoms with E-state index in [9.17, 15) is 0 Å². The van der Waals surface area contributed by atoms with Gasteiger partial charge in [0.25, 0.3) is 0 Å². The first kappa shape index (κ1) is 8.21. The van der Waals surface area contributed by atoms with Gasteiger partial charge >= 0.3 is 0 Å². The van der Waals surface area contributed by atoms with Crippen LogP contribution < -0.4 is 0 Å². The monoisotopic (exact) mass is 127 g/mol. The maximum atomic E-state index is 8.18. The molecule has 1 N–H and O–H groups in total. The molecule has 0 aliphatic heterocycles. The van der Waals surface area contributed by atoms with Gasteiger partial charge in [0.1, 0.15) is 0 Å². The minimum absolute atomic E-state index is 0.515. The summed E-state index contributed by atoms with van der Waals surface area (Å²) in [5.41, 5.74) is 0.642. The highest BCUT2D eigenvalue weighted by Crippen LogP contribution is 1.93. The van der Waals surface area contributed by atoms with Gasteiger partial charge in [-0.15, -0.1) is 0 Å². The lowest BCUT2D eigenvalue weighted by molar-refractivity contribution is 0.319. The highest BCUT2D eigenvalue weighted by molar-refractivity contribution is 5.92. The van der Waals surface area contributed by atoms with Gasteiger partial charge < -0.3 is 5.21 Å². The van der Waals surface area contributed by atoms with Gasteiger partial charge in [-0.3, -0.25) is 0 Å². The Morgan fingerprint density at radius 1 is 1.56 bits per heavy atom. The van der Waals surface area contributed by atoms with Crippen molar-refractivity contribution in [2.24, 2.45) is 11.1 Å². The van der Waals surface area contributed by atoms with Crippen LogP contribution in [0, 0.1) is 5.92 Å². The third-order valence-electron chi connectivity index (χ3n) is 0.880. The molecule has 2 nitrogen and oxygen atoms in total. The molecule has 0 fully saturated rings. The van der Waals surface area contributed by atoms with Crippen molar-refractivity contribution in [3.05, 3.63) is 12.2 Å². The summed E-state index contributed by atoms with van der Waals surface area (Å²) in [4.78, 5) is 0. The van der Waals surface area contributed by atoms with Crippen molar-refractivity contribution in [3.63, 3.8) is 0 Å². The Morgan fingerprint density at radius 3 is 2.44 bits per heavy atom. The van der Waals surface area contributed by atoms with Crippen LogP contribution in [0.3, 0.4) is 0 Å². The molecule has 0 bridgehead atoms. The van der Waals surface area contributed by atoms with Crippen LogP contribution in [0.2, 0.25) is 0 Å². The average Bonchev–Trinajstić information content (AvgIpc) is 1.83. The van der Waals surface area contributed by atoms with Gasteiger partial charge in [-0.2, -0.15) is 0 Å². The number of hydrogen-bond donors (Lipinski definition) is 1. The molecule has 0 spiro atoms. The third-order valence-corrected chi connectivity index (χ3v) is 0.880. The maximum absolute atomic E-state index is 8.18. The summed E-state index contributed by atoms with van der Waals surface area (Å²) in [6.45, 7) is 5.89. The van der Waals surface area contributed by atoms with E-state index in [1.165, 1.54) is 0 Å². The summed E-state index contributed by atoms with van der Waals surface area (Å²) < 4.78 is 0. The van der Waals surface area contributed by atoms with Crippen LogP contribution in [-0.2, 0) is 0 Å². The van der Waals surface area contributed by atoms with Crippen molar-refractivity contribution in [1.82, 2.24) is 0 Å². The van der Waals surface area contributed by atoms with E-state index in [1.807, 2.05) is 6.08 Å². The van der Waals surface area contributed by atoms with Crippen LogP contribution in [0.25, 0.3) is 0 Å². The first-order valence-corrected chi connectivity index (χ1v) is 3.03. The van der Waals surface area contributed by atoms with E-state index in [-0.39, 0.29) is 0 Å². The van der Waals surface area contributed by atoms with Crippen molar-refractivity contribution < 1.29 is 5.21 Å². The average molecular weight is 127 g/mol. The van der Waals surface area contributed by atoms with Gasteiger partial charge in [-0.1, -0.05) is 25.1 Å². The second-order valence-corrected chi connectivity index (χ2v) is 2.34. The van der Waals surface area contributed by atoms with Crippen LogP contribution >= 0.6 is 0 Å². The molecule has 52 valence electrons. The van der Waals surface area contributed by atoms with E-state index in [2.05, 4.69) is 19.0 Å². The molecule has 0 amide bonds. The predicted octanol–water partition coefficient (Wildman–Crippen LogP) is 2.05. The Balaban J connectivity index is 3.71. The summed E-state index contributed by atoms with van der Waals surface area (Å²) in [6.07, 6.45) is 3.78. The quantitative estimate of drug-likeness (QED) is 0.343. The maximum Gasteiger partial charge on any atom is 0.0761 e. The molecule has 0 saturated heterocycles. The molecule has 0 aliphatic carbocycles. The number of nitrogens with zero attached hydrogens (tertiary/aromatic N) is 1. The molecule has 0 saturated carbocycles. The highest BCUT2D eigenvalue weighted by Gasteiger charge is 1.84. The molecule has 0 heterocycles. The number of oxime groups is 1. The minimum atomic E-state index is 0.515. The molecular weight excluding hydrogens is 114 g/mol. The molecule has 0 rings (SSSR count). The van der Waals surface area contributed by atoms with E-state index in [0.29, 0.717) is 11.6 Å². The van der Waals surface area contributed by atoms with E-state index in [1.54, 1.807) is 13.0 Å². The Labute approximate surface area is 55.9 Å². The largest absolute Gasteiger partial charge is 0.411 e. The van der Waals surface area contributed by atoms with E-state index in [0.717, 1.165) is 0 Å². The van der Waals surface area contributed by atoms with Crippen LogP contribution in [0.1, 0.15) is 20.8 Å². The summed E-state index contributed by atoms with van der Waals surface area (Å²) in [5.74, 6) is 0.515. The molecule has 0 aromatic heterocycles. The van der Waals surface area contributed by atoms with Crippen LogP contribution in [0.15, 0.2) is 17.3 Å². The second-order valence-electron chi connectivity index (χ2n) is 2.34. The van der Waals surface area contributed by atoms with E-state index < -0.39 is 0 Å². The fourth-order valence-corrected chi connectivity index (χ4v) is 0.365. The molecule has 0 unspecified atom stereocenters. The van der Waals surface area contributed by atoms with Gasteiger partial charge in [-0.25, -0.2) is 0 Å². The van der Waals surface area contributed by atoms with Crippen molar-refractivity contribution in [1.29, 1.82) is 0 Å². The zero-order valence-corrected chi connectivity index (χ0v) is 6.13. The number of allylic oxidation sites excluding steroid dienone is 2. The van der Waals surface area contributed by atoms with Gasteiger partial charge in [0.2, 0.25) is 0 Å². The summed E-state index contributed by atoms with van der Waals surface area (Å²) in [6, 6.07) is 0. The summed E-state index contributed by atoms with van der Waals surface area (Å²) >= 11 is 0. The fraction of sp³-hybridized carbons (Fsp3) is 0.571. The van der Waals surface area contributed by atoms with Gasteiger partial charge in [0.15, 0.2) is 0 Å². The third kappa shape index (κ3) is 5.07. The smallest absolute Gasteiger partial charge is 0.0761 e. The zero-order chi connectivity index (χ0) is 7.28. The lowest BCUT2D eigenvalue weighted by Gasteiger charge is -1.91. The molecule has 2 heteroatoms. The first-order chi connectivity index (χ1) is 4.16. The van der Waals surface area contributed by atoms with Crippen LogP contribution in [0.4, 0.5) is 0 Å². The molecule has 0 atom stereocenters. The number of hydrogen-bond acceptors (Lipinski definition) is 2. The lowest BCUT2D eigenvalue weighted by atomic mass is 10.2. The van der Waals surface area contributed by atoms with Gasteiger partial charge in [-0.05, 0) is 18.9 Å². The highest BCUT2D eigenvalue weighted by atomic mass is 16.4. The summed E-state index contributed by atoms with van der Waals surface area (Å²) in [5, 5.41) is 11.2. The van der Waals surface area contributed by atoms with Gasteiger partial charge in [0, 0.05) is 0 Å². The predicted molar refractivity (Wildman–Crippen MR) is 38.9 cm³/mol. The minimum Gasteiger partial charge on any atom is -0.411 e. The van der Waals surface area contributed by atoms with Crippen molar-refractivity contribution in [2.45, 2.75) is 20.8 Å². The Morgan fingerprint density at radius 2 is 2.11 bits per heavy atom. The van der Waals surface area contributed by atoms with Crippen molar-refractivity contribution in [2.75, 3.05) is 0 Å². The lowest BCUT2D eigenvalue weighted by Crippen LogP contribution is -1.85.